The van der Waals surface area contributed by atoms with E-state index in [4.69, 9.17) is 4.74 Å². The van der Waals surface area contributed by atoms with Crippen LogP contribution in [0.5, 0.6) is 5.75 Å². The molecule has 0 spiro atoms. The highest BCUT2D eigenvalue weighted by molar-refractivity contribution is 6.01. The van der Waals surface area contributed by atoms with Crippen molar-refractivity contribution in [1.29, 1.82) is 0 Å². The van der Waals surface area contributed by atoms with E-state index in [1.54, 1.807) is 31.6 Å². The summed E-state index contributed by atoms with van der Waals surface area (Å²) in [6, 6.07) is 9.26. The Balaban J connectivity index is 1.89. The third-order valence-electron chi connectivity index (χ3n) is 4.81. The van der Waals surface area contributed by atoms with Gasteiger partial charge in [0.05, 0.1) is 13.0 Å². The van der Waals surface area contributed by atoms with Crippen LogP contribution in [-0.4, -0.2) is 35.4 Å². The molecular weight excluding hydrogens is 342 g/mol. The van der Waals surface area contributed by atoms with Crippen molar-refractivity contribution in [2.24, 2.45) is 0 Å². The molecule has 0 unspecified atom stereocenters. The van der Waals surface area contributed by atoms with E-state index < -0.39 is 5.92 Å². The number of unbranched alkanes of at least 4 members (excludes halogenated alkanes) is 1. The highest BCUT2D eigenvalue weighted by atomic mass is 16.5. The third-order valence-corrected chi connectivity index (χ3v) is 4.81. The minimum atomic E-state index is -0.498. The third kappa shape index (κ3) is 4.45. The van der Waals surface area contributed by atoms with Gasteiger partial charge in [-0.25, -0.2) is 0 Å². The van der Waals surface area contributed by atoms with Gasteiger partial charge in [0.1, 0.15) is 5.75 Å². The molecular formula is C21H25N3O3. The van der Waals surface area contributed by atoms with Crippen LogP contribution in [0.1, 0.15) is 43.2 Å². The quantitative estimate of drug-likeness (QED) is 0.815. The second-order valence-electron chi connectivity index (χ2n) is 6.73. The lowest BCUT2D eigenvalue weighted by atomic mass is 9.89. The van der Waals surface area contributed by atoms with Crippen molar-refractivity contribution in [3.8, 4) is 5.75 Å². The van der Waals surface area contributed by atoms with Gasteiger partial charge in [0, 0.05) is 37.6 Å². The molecule has 142 valence electrons. The molecule has 2 heterocycles. The molecule has 0 saturated carbocycles. The number of nitrogens with one attached hydrogen (secondary N) is 1. The van der Waals surface area contributed by atoms with E-state index in [0.29, 0.717) is 24.5 Å². The van der Waals surface area contributed by atoms with Crippen molar-refractivity contribution in [3.63, 3.8) is 0 Å². The van der Waals surface area contributed by atoms with Crippen molar-refractivity contribution in [1.82, 2.24) is 9.88 Å². The van der Waals surface area contributed by atoms with Crippen LogP contribution < -0.4 is 10.1 Å². The van der Waals surface area contributed by atoms with Crippen LogP contribution in [0.4, 0.5) is 5.69 Å². The van der Waals surface area contributed by atoms with Crippen LogP contribution in [0.15, 0.2) is 42.7 Å². The van der Waals surface area contributed by atoms with Crippen molar-refractivity contribution in [2.75, 3.05) is 19.0 Å². The number of carbonyl (C=O) groups is 2. The summed E-state index contributed by atoms with van der Waals surface area (Å²) in [7, 11) is 1.59. The number of fused-ring (bicyclic) bond motifs is 1. The fourth-order valence-corrected chi connectivity index (χ4v) is 3.33. The molecule has 0 bridgehead atoms. The Labute approximate surface area is 159 Å². The van der Waals surface area contributed by atoms with Gasteiger partial charge in [-0.05, 0) is 47.9 Å². The van der Waals surface area contributed by atoms with Crippen LogP contribution in [0.2, 0.25) is 0 Å². The lowest BCUT2D eigenvalue weighted by Gasteiger charge is -2.31. The van der Waals surface area contributed by atoms with E-state index in [-0.39, 0.29) is 18.2 Å². The summed E-state index contributed by atoms with van der Waals surface area (Å²) < 4.78 is 5.31. The average molecular weight is 367 g/mol. The number of hydrogen-bond acceptors (Lipinski definition) is 4. The fraction of sp³-hybridized carbons (Fsp3) is 0.381. The number of nitrogens with zero attached hydrogens (tertiary/aromatic N) is 2. The zero-order valence-electron chi connectivity index (χ0n) is 15.8. The SMILES string of the molecule is CCCCN(Cc1ccncc1)C(=O)[C@@H]1CC(=O)Nc2ccc(OC)cc21. The van der Waals surface area contributed by atoms with E-state index in [1.807, 2.05) is 23.1 Å². The van der Waals surface area contributed by atoms with E-state index >= 15 is 0 Å². The van der Waals surface area contributed by atoms with Crippen LogP contribution in [0.25, 0.3) is 0 Å². The van der Waals surface area contributed by atoms with E-state index in [1.165, 1.54) is 0 Å². The number of methoxy groups -OCH3 is 1. The molecule has 0 fully saturated rings. The summed E-state index contributed by atoms with van der Waals surface area (Å²) in [4.78, 5) is 31.5. The number of amides is 2. The second kappa shape index (κ2) is 8.66. The molecule has 1 aliphatic heterocycles. The van der Waals surface area contributed by atoms with E-state index in [0.717, 1.165) is 24.0 Å². The van der Waals surface area contributed by atoms with Gasteiger partial charge in [0.15, 0.2) is 0 Å². The molecule has 6 nitrogen and oxygen atoms in total. The molecule has 1 N–H and O–H groups in total. The molecule has 0 radical (unpaired) electrons. The molecule has 1 aromatic heterocycles. The van der Waals surface area contributed by atoms with Gasteiger partial charge in [0.25, 0.3) is 0 Å². The molecule has 3 rings (SSSR count). The number of aromatic nitrogens is 1. The summed E-state index contributed by atoms with van der Waals surface area (Å²) in [5, 5.41) is 2.85. The van der Waals surface area contributed by atoms with Gasteiger partial charge in [-0.15, -0.1) is 0 Å². The molecule has 27 heavy (non-hydrogen) atoms. The number of anilines is 1. The van der Waals surface area contributed by atoms with Crippen molar-refractivity contribution >= 4 is 17.5 Å². The number of rotatable bonds is 7. The molecule has 0 aliphatic carbocycles. The number of benzene rings is 1. The lowest BCUT2D eigenvalue weighted by Crippen LogP contribution is -2.38. The molecule has 1 atom stereocenters. The number of carbonyl (C=O) groups excluding carboxylic acids is 2. The molecule has 2 aromatic rings. The number of ether oxygens (including phenoxy) is 1. The highest BCUT2D eigenvalue weighted by Crippen LogP contribution is 2.36. The minimum Gasteiger partial charge on any atom is -0.497 e. The maximum Gasteiger partial charge on any atom is 0.231 e. The van der Waals surface area contributed by atoms with Gasteiger partial charge in [-0.1, -0.05) is 13.3 Å². The first kappa shape index (κ1) is 18.9. The standard InChI is InChI=1S/C21H25N3O3/c1-3-4-11-24(14-15-7-9-22-10-8-15)21(26)18-13-20(25)23-19-6-5-16(27-2)12-17(18)19/h5-10,12,18H,3-4,11,13-14H2,1-2H3,(H,23,25)/t18-/m1/s1. The number of pyridine rings is 1. The summed E-state index contributed by atoms with van der Waals surface area (Å²) in [5.74, 6) is 0.0227. The maximum atomic E-state index is 13.4. The Hall–Kier alpha value is -2.89. The first-order valence-electron chi connectivity index (χ1n) is 9.27. The zero-order chi connectivity index (χ0) is 19.2. The van der Waals surface area contributed by atoms with Crippen molar-refractivity contribution in [3.05, 3.63) is 53.9 Å². The topological polar surface area (TPSA) is 71.5 Å². The number of hydrogen-bond donors (Lipinski definition) is 1. The predicted octanol–water partition coefficient (Wildman–Crippen LogP) is 3.34. The molecule has 6 heteroatoms. The van der Waals surface area contributed by atoms with Gasteiger partial charge in [-0.3, -0.25) is 14.6 Å². The maximum absolute atomic E-state index is 13.4. The molecule has 0 saturated heterocycles. The molecule has 1 aliphatic rings. The van der Waals surface area contributed by atoms with Crippen LogP contribution in [-0.2, 0) is 16.1 Å². The molecule has 1 aromatic carbocycles. The first-order chi connectivity index (χ1) is 13.1. The van der Waals surface area contributed by atoms with Gasteiger partial charge >= 0.3 is 0 Å². The largest absolute Gasteiger partial charge is 0.497 e. The van der Waals surface area contributed by atoms with Gasteiger partial charge < -0.3 is 15.0 Å². The fourth-order valence-electron chi connectivity index (χ4n) is 3.33. The first-order valence-corrected chi connectivity index (χ1v) is 9.27. The summed E-state index contributed by atoms with van der Waals surface area (Å²) >= 11 is 0. The summed E-state index contributed by atoms with van der Waals surface area (Å²) in [5.41, 5.74) is 2.53. The normalized spacial score (nSPS) is 15.6. The Morgan fingerprint density at radius 1 is 1.30 bits per heavy atom. The van der Waals surface area contributed by atoms with E-state index in [9.17, 15) is 9.59 Å². The van der Waals surface area contributed by atoms with E-state index in [2.05, 4.69) is 17.2 Å². The Bertz CT molecular complexity index is 808. The highest BCUT2D eigenvalue weighted by Gasteiger charge is 2.33. The average Bonchev–Trinajstić information content (AvgIpc) is 2.70. The summed E-state index contributed by atoms with van der Waals surface area (Å²) in [6.45, 7) is 3.27. The van der Waals surface area contributed by atoms with Crippen LogP contribution in [0, 0.1) is 0 Å². The monoisotopic (exact) mass is 367 g/mol. The van der Waals surface area contributed by atoms with Gasteiger partial charge in [-0.2, -0.15) is 0 Å². The smallest absolute Gasteiger partial charge is 0.231 e. The Morgan fingerprint density at radius 2 is 2.07 bits per heavy atom. The minimum absolute atomic E-state index is 0.0235. The molecule has 2 amide bonds. The van der Waals surface area contributed by atoms with Crippen molar-refractivity contribution < 1.29 is 14.3 Å². The van der Waals surface area contributed by atoms with Gasteiger partial charge in [0.2, 0.25) is 11.8 Å². The zero-order valence-corrected chi connectivity index (χ0v) is 15.8. The Kier molecular flexibility index (Phi) is 6.06. The Morgan fingerprint density at radius 3 is 2.78 bits per heavy atom. The van der Waals surface area contributed by atoms with Crippen LogP contribution >= 0.6 is 0 Å². The summed E-state index contributed by atoms with van der Waals surface area (Å²) in [6.07, 6.45) is 5.52. The lowest BCUT2D eigenvalue weighted by molar-refractivity contribution is -0.135. The van der Waals surface area contributed by atoms with Crippen LogP contribution in [0.3, 0.4) is 0 Å². The second-order valence-corrected chi connectivity index (χ2v) is 6.73. The predicted molar refractivity (Wildman–Crippen MR) is 104 cm³/mol. The van der Waals surface area contributed by atoms with Crippen molar-refractivity contribution in [2.45, 2.75) is 38.6 Å².